The van der Waals surface area contributed by atoms with Gasteiger partial charge in [0.25, 0.3) is 5.91 Å². The molecule has 2 N–H and O–H groups in total. The summed E-state index contributed by atoms with van der Waals surface area (Å²) in [7, 11) is 1.73. The minimum Gasteiger partial charge on any atom is -0.384 e. The first-order valence-electron chi connectivity index (χ1n) is 7.41. The van der Waals surface area contributed by atoms with Crippen LogP contribution in [0.4, 0.5) is 5.69 Å². The molecule has 20 heavy (non-hydrogen) atoms. The van der Waals surface area contributed by atoms with E-state index in [9.17, 15) is 4.79 Å². The molecule has 1 fully saturated rings. The molecule has 0 aliphatic heterocycles. The van der Waals surface area contributed by atoms with Crippen molar-refractivity contribution in [2.75, 3.05) is 19.0 Å². The molecule has 4 nitrogen and oxygen atoms in total. The van der Waals surface area contributed by atoms with Crippen molar-refractivity contribution >= 4 is 11.6 Å². The van der Waals surface area contributed by atoms with Crippen LogP contribution in [-0.2, 0) is 4.74 Å². The van der Waals surface area contributed by atoms with Gasteiger partial charge in [-0.1, -0.05) is 19.1 Å². The molecule has 2 atom stereocenters. The summed E-state index contributed by atoms with van der Waals surface area (Å²) in [5.41, 5.74) is 1.63. The Bertz CT molecular complexity index is 448. The number of methoxy groups -OCH3 is 1. The van der Waals surface area contributed by atoms with Crippen molar-refractivity contribution < 1.29 is 9.53 Å². The number of anilines is 1. The van der Waals surface area contributed by atoms with Crippen molar-refractivity contribution in [1.82, 2.24) is 5.32 Å². The Morgan fingerprint density at radius 2 is 2.15 bits per heavy atom. The molecule has 1 saturated carbocycles. The highest BCUT2D eigenvalue weighted by Crippen LogP contribution is 2.22. The number of hydrogen-bond acceptors (Lipinski definition) is 3. The third-order valence-corrected chi connectivity index (χ3v) is 3.79. The fourth-order valence-corrected chi connectivity index (χ4v) is 2.64. The number of para-hydroxylation sites is 1. The molecular formula is C16H24N2O2. The average Bonchev–Trinajstić information content (AvgIpc) is 2.93. The van der Waals surface area contributed by atoms with E-state index < -0.39 is 0 Å². The van der Waals surface area contributed by atoms with E-state index in [0.717, 1.165) is 43.5 Å². The minimum absolute atomic E-state index is 0.00551. The summed E-state index contributed by atoms with van der Waals surface area (Å²) in [6.45, 7) is 2.98. The van der Waals surface area contributed by atoms with Crippen LogP contribution >= 0.6 is 0 Å². The fourth-order valence-electron chi connectivity index (χ4n) is 2.64. The Hall–Kier alpha value is -1.55. The summed E-state index contributed by atoms with van der Waals surface area (Å²) in [4.78, 5) is 12.4. The molecule has 1 aliphatic rings. The van der Waals surface area contributed by atoms with Crippen molar-refractivity contribution in [2.24, 2.45) is 0 Å². The summed E-state index contributed by atoms with van der Waals surface area (Å²) >= 11 is 0. The topological polar surface area (TPSA) is 50.4 Å². The average molecular weight is 276 g/mol. The number of rotatable bonds is 6. The van der Waals surface area contributed by atoms with Crippen molar-refractivity contribution in [1.29, 1.82) is 0 Å². The van der Waals surface area contributed by atoms with E-state index in [1.165, 1.54) is 0 Å². The van der Waals surface area contributed by atoms with Gasteiger partial charge in [0.1, 0.15) is 0 Å². The summed E-state index contributed by atoms with van der Waals surface area (Å²) in [5, 5.41) is 6.42. The molecule has 1 amide bonds. The van der Waals surface area contributed by atoms with E-state index in [1.54, 1.807) is 7.11 Å². The number of benzene rings is 1. The number of nitrogens with one attached hydrogen (secondary N) is 2. The lowest BCUT2D eigenvalue weighted by Crippen LogP contribution is -2.33. The Kier molecular flexibility index (Phi) is 5.41. The monoisotopic (exact) mass is 276 g/mol. The van der Waals surface area contributed by atoms with Crippen LogP contribution in [0.25, 0.3) is 0 Å². The first-order valence-corrected chi connectivity index (χ1v) is 7.41. The first kappa shape index (κ1) is 14.9. The van der Waals surface area contributed by atoms with Gasteiger partial charge in [-0.05, 0) is 37.8 Å². The lowest BCUT2D eigenvalue weighted by atomic mass is 10.1. The van der Waals surface area contributed by atoms with Gasteiger partial charge in [0.2, 0.25) is 0 Å². The standard InChI is InChI=1S/C16H24N2O2/c1-3-10-17-15-7-5-4-6-14(15)16(19)18-12-8-9-13(11-12)20-2/h4-7,12-13,17H,3,8-11H2,1-2H3,(H,18,19). The molecule has 1 aliphatic carbocycles. The zero-order valence-electron chi connectivity index (χ0n) is 12.3. The van der Waals surface area contributed by atoms with Gasteiger partial charge in [-0.3, -0.25) is 4.79 Å². The highest BCUT2D eigenvalue weighted by molar-refractivity contribution is 5.99. The van der Waals surface area contributed by atoms with Crippen molar-refractivity contribution in [3.63, 3.8) is 0 Å². The molecule has 1 aromatic carbocycles. The van der Waals surface area contributed by atoms with E-state index >= 15 is 0 Å². The van der Waals surface area contributed by atoms with E-state index in [4.69, 9.17) is 4.74 Å². The Morgan fingerprint density at radius 1 is 1.35 bits per heavy atom. The summed E-state index contributed by atoms with van der Waals surface area (Å²) in [6.07, 6.45) is 4.25. The lowest BCUT2D eigenvalue weighted by Gasteiger charge is -2.15. The van der Waals surface area contributed by atoms with Crippen molar-refractivity contribution in [3.05, 3.63) is 29.8 Å². The summed E-state index contributed by atoms with van der Waals surface area (Å²) in [6, 6.07) is 7.91. The molecule has 0 aromatic heterocycles. The molecule has 0 spiro atoms. The van der Waals surface area contributed by atoms with Gasteiger partial charge in [0.05, 0.1) is 11.7 Å². The first-order chi connectivity index (χ1) is 9.74. The van der Waals surface area contributed by atoms with E-state index in [1.807, 2.05) is 24.3 Å². The number of carbonyl (C=O) groups is 1. The van der Waals surface area contributed by atoms with E-state index in [2.05, 4.69) is 17.6 Å². The van der Waals surface area contributed by atoms with Gasteiger partial charge in [0, 0.05) is 25.4 Å². The van der Waals surface area contributed by atoms with Crippen LogP contribution in [0, 0.1) is 0 Å². The van der Waals surface area contributed by atoms with Crippen LogP contribution < -0.4 is 10.6 Å². The Morgan fingerprint density at radius 3 is 2.85 bits per heavy atom. The smallest absolute Gasteiger partial charge is 0.253 e. The van der Waals surface area contributed by atoms with Gasteiger partial charge < -0.3 is 15.4 Å². The third kappa shape index (κ3) is 3.73. The molecule has 0 heterocycles. The molecule has 0 saturated heterocycles. The second kappa shape index (κ2) is 7.29. The van der Waals surface area contributed by atoms with Crippen LogP contribution in [0.15, 0.2) is 24.3 Å². The van der Waals surface area contributed by atoms with Gasteiger partial charge >= 0.3 is 0 Å². The zero-order chi connectivity index (χ0) is 14.4. The second-order valence-electron chi connectivity index (χ2n) is 5.31. The maximum Gasteiger partial charge on any atom is 0.253 e. The number of amides is 1. The van der Waals surface area contributed by atoms with Crippen LogP contribution in [0.2, 0.25) is 0 Å². The minimum atomic E-state index is 0.00551. The van der Waals surface area contributed by atoms with Gasteiger partial charge in [-0.25, -0.2) is 0 Å². The quantitative estimate of drug-likeness (QED) is 0.840. The Balaban J connectivity index is 1.98. The summed E-state index contributed by atoms with van der Waals surface area (Å²) < 4.78 is 5.34. The molecule has 4 heteroatoms. The van der Waals surface area contributed by atoms with E-state index in [0.29, 0.717) is 0 Å². The molecular weight excluding hydrogens is 252 g/mol. The number of ether oxygens (including phenoxy) is 1. The molecule has 2 unspecified atom stereocenters. The highest BCUT2D eigenvalue weighted by atomic mass is 16.5. The second-order valence-corrected chi connectivity index (χ2v) is 5.31. The molecule has 0 radical (unpaired) electrons. The number of carbonyl (C=O) groups excluding carboxylic acids is 1. The lowest BCUT2D eigenvalue weighted by molar-refractivity contribution is 0.0915. The molecule has 1 aromatic rings. The van der Waals surface area contributed by atoms with Crippen LogP contribution in [0.3, 0.4) is 0 Å². The highest BCUT2D eigenvalue weighted by Gasteiger charge is 2.26. The van der Waals surface area contributed by atoms with Crippen LogP contribution in [0.1, 0.15) is 43.0 Å². The number of hydrogen-bond donors (Lipinski definition) is 2. The van der Waals surface area contributed by atoms with Gasteiger partial charge in [-0.2, -0.15) is 0 Å². The zero-order valence-corrected chi connectivity index (χ0v) is 12.3. The predicted octanol–water partition coefficient (Wildman–Crippen LogP) is 2.81. The maximum atomic E-state index is 12.4. The van der Waals surface area contributed by atoms with Gasteiger partial charge in [0.15, 0.2) is 0 Å². The van der Waals surface area contributed by atoms with Crippen molar-refractivity contribution in [3.8, 4) is 0 Å². The van der Waals surface area contributed by atoms with E-state index in [-0.39, 0.29) is 18.1 Å². The molecule has 0 bridgehead atoms. The van der Waals surface area contributed by atoms with Crippen LogP contribution in [-0.4, -0.2) is 31.7 Å². The predicted molar refractivity (Wildman–Crippen MR) is 81.1 cm³/mol. The van der Waals surface area contributed by atoms with Crippen molar-refractivity contribution in [2.45, 2.75) is 44.8 Å². The molecule has 2 rings (SSSR count). The third-order valence-electron chi connectivity index (χ3n) is 3.79. The van der Waals surface area contributed by atoms with Gasteiger partial charge in [-0.15, -0.1) is 0 Å². The summed E-state index contributed by atoms with van der Waals surface area (Å²) in [5.74, 6) is 0.00551. The Labute approximate surface area is 120 Å². The normalized spacial score (nSPS) is 21.7. The fraction of sp³-hybridized carbons (Fsp3) is 0.562. The SMILES string of the molecule is CCCNc1ccccc1C(=O)NC1CCC(OC)C1. The molecule has 110 valence electrons. The maximum absolute atomic E-state index is 12.4. The van der Waals surface area contributed by atoms with Crippen LogP contribution in [0.5, 0.6) is 0 Å². The largest absolute Gasteiger partial charge is 0.384 e.